The van der Waals surface area contributed by atoms with E-state index in [1.807, 2.05) is 0 Å². The van der Waals surface area contributed by atoms with Crippen molar-refractivity contribution >= 4 is 0 Å². The SMILES string of the molecule is C[NH+]1[C@H](c2ccccc2)[C@@H]2CCC[C@H](C2O)[C@@H]1c1ccccc1. The van der Waals surface area contributed by atoms with Gasteiger partial charge in [0.2, 0.25) is 0 Å². The Balaban J connectivity index is 1.78. The molecule has 23 heavy (non-hydrogen) atoms. The standard InChI is InChI=1S/C21H25NO/c1-22-19(15-9-4-2-5-10-15)17-13-8-14-18(21(17)23)20(22)16-11-6-3-7-12-16/h2-7,9-12,17-21,23H,8,13-14H2,1H3/p+1/t17-,18-,19-,20+,21?/m0/s1. The molecular formula is C21H26NO+. The first-order valence-corrected chi connectivity index (χ1v) is 8.88. The van der Waals surface area contributed by atoms with Crippen molar-refractivity contribution in [2.75, 3.05) is 7.05 Å². The number of nitrogens with one attached hydrogen (secondary N) is 1. The highest BCUT2D eigenvalue weighted by atomic mass is 16.3. The van der Waals surface area contributed by atoms with Crippen LogP contribution in [0.4, 0.5) is 0 Å². The lowest BCUT2D eigenvalue weighted by Gasteiger charge is -2.51. The summed E-state index contributed by atoms with van der Waals surface area (Å²) in [6.07, 6.45) is 3.36. The number of aliphatic hydroxyl groups is 1. The molecule has 1 aliphatic heterocycles. The molecule has 2 unspecified atom stereocenters. The molecule has 0 spiro atoms. The van der Waals surface area contributed by atoms with Gasteiger partial charge < -0.3 is 10.0 Å². The van der Waals surface area contributed by atoms with Gasteiger partial charge in [0.15, 0.2) is 0 Å². The van der Waals surface area contributed by atoms with E-state index in [4.69, 9.17) is 0 Å². The maximum Gasteiger partial charge on any atom is 0.119 e. The van der Waals surface area contributed by atoms with Crippen LogP contribution in [0.15, 0.2) is 60.7 Å². The minimum Gasteiger partial charge on any atom is -0.392 e. The zero-order chi connectivity index (χ0) is 15.8. The van der Waals surface area contributed by atoms with E-state index in [0.717, 1.165) is 12.8 Å². The van der Waals surface area contributed by atoms with E-state index >= 15 is 0 Å². The number of piperidine rings is 1. The summed E-state index contributed by atoms with van der Waals surface area (Å²) in [5.41, 5.74) is 2.74. The lowest BCUT2D eigenvalue weighted by atomic mass is 9.65. The molecule has 0 radical (unpaired) electrons. The number of rotatable bonds is 2. The second-order valence-electron chi connectivity index (χ2n) is 7.27. The minimum absolute atomic E-state index is 0.178. The first kappa shape index (κ1) is 14.9. The van der Waals surface area contributed by atoms with Crippen LogP contribution in [0, 0.1) is 11.8 Å². The van der Waals surface area contributed by atoms with E-state index in [1.165, 1.54) is 17.5 Å². The van der Waals surface area contributed by atoms with Gasteiger partial charge in [0.25, 0.3) is 0 Å². The Morgan fingerprint density at radius 3 is 1.65 bits per heavy atom. The molecule has 2 N–H and O–H groups in total. The molecule has 2 aliphatic rings. The topological polar surface area (TPSA) is 24.7 Å². The summed E-state index contributed by atoms with van der Waals surface area (Å²) >= 11 is 0. The molecule has 1 heterocycles. The van der Waals surface area contributed by atoms with Crippen molar-refractivity contribution in [2.45, 2.75) is 37.5 Å². The minimum atomic E-state index is -0.178. The second kappa shape index (κ2) is 6.10. The van der Waals surface area contributed by atoms with Crippen molar-refractivity contribution in [3.8, 4) is 0 Å². The molecular weight excluding hydrogens is 282 g/mol. The van der Waals surface area contributed by atoms with Gasteiger partial charge in [-0.05, 0) is 12.8 Å². The van der Waals surface area contributed by atoms with E-state index in [9.17, 15) is 5.11 Å². The molecule has 2 aromatic carbocycles. The van der Waals surface area contributed by atoms with Crippen LogP contribution < -0.4 is 4.90 Å². The molecule has 2 heteroatoms. The Bertz CT molecular complexity index is 586. The fraction of sp³-hybridized carbons (Fsp3) is 0.429. The summed E-state index contributed by atoms with van der Waals surface area (Å²) in [6.45, 7) is 0. The summed E-state index contributed by atoms with van der Waals surface area (Å²) < 4.78 is 0. The zero-order valence-corrected chi connectivity index (χ0v) is 13.7. The van der Waals surface area contributed by atoms with Crippen LogP contribution in [0.25, 0.3) is 0 Å². The monoisotopic (exact) mass is 308 g/mol. The third-order valence-corrected chi connectivity index (χ3v) is 6.11. The van der Waals surface area contributed by atoms with Crippen molar-refractivity contribution in [3.63, 3.8) is 0 Å². The van der Waals surface area contributed by atoms with E-state index in [2.05, 4.69) is 67.7 Å². The Hall–Kier alpha value is -1.64. The highest BCUT2D eigenvalue weighted by Gasteiger charge is 2.52. The number of fused-ring (bicyclic) bond motifs is 2. The Morgan fingerprint density at radius 2 is 1.22 bits per heavy atom. The third-order valence-electron chi connectivity index (χ3n) is 6.11. The van der Waals surface area contributed by atoms with Gasteiger partial charge in [-0.3, -0.25) is 0 Å². The fourth-order valence-electron chi connectivity index (χ4n) is 5.19. The Labute approximate surface area is 138 Å². The number of quaternary nitrogens is 1. The average molecular weight is 308 g/mol. The molecule has 0 aromatic heterocycles. The van der Waals surface area contributed by atoms with Crippen LogP contribution in [0.3, 0.4) is 0 Å². The maximum atomic E-state index is 11.1. The summed E-state index contributed by atoms with van der Waals surface area (Å²) in [6, 6.07) is 22.4. The molecule has 2 bridgehead atoms. The first-order valence-electron chi connectivity index (χ1n) is 8.88. The molecule has 1 aliphatic carbocycles. The van der Waals surface area contributed by atoms with Crippen LogP contribution >= 0.6 is 0 Å². The molecule has 4 rings (SSSR count). The van der Waals surface area contributed by atoms with Crippen LogP contribution in [-0.2, 0) is 0 Å². The first-order chi connectivity index (χ1) is 11.3. The van der Waals surface area contributed by atoms with Gasteiger partial charge in [-0.15, -0.1) is 0 Å². The molecule has 0 amide bonds. The highest BCUT2D eigenvalue weighted by Crippen LogP contribution is 2.44. The molecule has 2 aromatic rings. The van der Waals surface area contributed by atoms with Gasteiger partial charge >= 0.3 is 0 Å². The third kappa shape index (κ3) is 2.50. The van der Waals surface area contributed by atoms with E-state index in [-0.39, 0.29) is 6.10 Å². The van der Waals surface area contributed by atoms with Crippen molar-refractivity contribution in [3.05, 3.63) is 71.8 Å². The number of likely N-dealkylation sites (tertiary alicyclic amines) is 1. The van der Waals surface area contributed by atoms with Crippen molar-refractivity contribution in [2.24, 2.45) is 11.8 Å². The molecule has 1 saturated carbocycles. The van der Waals surface area contributed by atoms with Crippen LogP contribution in [0.5, 0.6) is 0 Å². The van der Waals surface area contributed by atoms with Crippen LogP contribution in [-0.4, -0.2) is 18.3 Å². The average Bonchev–Trinajstić information content (AvgIpc) is 2.59. The maximum absolute atomic E-state index is 11.1. The van der Waals surface area contributed by atoms with Crippen molar-refractivity contribution in [1.29, 1.82) is 0 Å². The molecule has 6 atom stereocenters. The van der Waals surface area contributed by atoms with Gasteiger partial charge in [0, 0.05) is 23.0 Å². The molecule has 1 saturated heterocycles. The molecule has 2 fully saturated rings. The van der Waals surface area contributed by atoms with Gasteiger partial charge in [-0.2, -0.15) is 0 Å². The normalized spacial score (nSPS) is 36.6. The number of hydrogen-bond acceptors (Lipinski definition) is 1. The van der Waals surface area contributed by atoms with Crippen LogP contribution in [0.2, 0.25) is 0 Å². The molecule has 120 valence electrons. The van der Waals surface area contributed by atoms with Crippen molar-refractivity contribution < 1.29 is 10.0 Å². The zero-order valence-electron chi connectivity index (χ0n) is 13.7. The summed E-state index contributed by atoms with van der Waals surface area (Å²) in [4.78, 5) is 1.54. The highest BCUT2D eigenvalue weighted by molar-refractivity contribution is 5.23. The fourth-order valence-corrected chi connectivity index (χ4v) is 5.19. The summed E-state index contributed by atoms with van der Waals surface area (Å²) in [5, 5.41) is 11.1. The Morgan fingerprint density at radius 1 is 0.783 bits per heavy atom. The number of benzene rings is 2. The lowest BCUT2D eigenvalue weighted by molar-refractivity contribution is -0.961. The summed E-state index contributed by atoms with van der Waals surface area (Å²) in [5.74, 6) is 0.771. The quantitative estimate of drug-likeness (QED) is 0.876. The van der Waals surface area contributed by atoms with E-state index in [0.29, 0.717) is 23.9 Å². The van der Waals surface area contributed by atoms with Gasteiger partial charge in [0.05, 0.1) is 13.2 Å². The second-order valence-corrected chi connectivity index (χ2v) is 7.27. The van der Waals surface area contributed by atoms with Gasteiger partial charge in [0.1, 0.15) is 12.1 Å². The Kier molecular flexibility index (Phi) is 3.96. The van der Waals surface area contributed by atoms with Gasteiger partial charge in [-0.25, -0.2) is 0 Å². The molecule has 2 nitrogen and oxygen atoms in total. The largest absolute Gasteiger partial charge is 0.392 e. The van der Waals surface area contributed by atoms with Crippen LogP contribution in [0.1, 0.15) is 42.5 Å². The number of aliphatic hydroxyl groups excluding tert-OH is 1. The predicted molar refractivity (Wildman–Crippen MR) is 92.1 cm³/mol. The predicted octanol–water partition coefficient (Wildman–Crippen LogP) is 2.77. The van der Waals surface area contributed by atoms with E-state index < -0.39 is 0 Å². The summed E-state index contributed by atoms with van der Waals surface area (Å²) in [7, 11) is 2.33. The van der Waals surface area contributed by atoms with Gasteiger partial charge in [-0.1, -0.05) is 67.1 Å². The van der Waals surface area contributed by atoms with Crippen molar-refractivity contribution in [1.82, 2.24) is 0 Å². The smallest absolute Gasteiger partial charge is 0.119 e. The van der Waals surface area contributed by atoms with E-state index in [1.54, 1.807) is 4.90 Å². The lowest BCUT2D eigenvalue weighted by Crippen LogP contribution is -3.13. The number of hydrogen-bond donors (Lipinski definition) is 2.